The van der Waals surface area contributed by atoms with Crippen LogP contribution in [0, 0.1) is 0 Å². The monoisotopic (exact) mass is 414 g/mol. The maximum Gasteiger partial charge on any atom is 0.328 e. The third kappa shape index (κ3) is 5.48. The van der Waals surface area contributed by atoms with Gasteiger partial charge >= 0.3 is 11.7 Å². The van der Waals surface area contributed by atoms with E-state index in [1.165, 1.54) is 23.1 Å². The highest BCUT2D eigenvalue weighted by atomic mass is 32.1. The number of thiazole rings is 1. The second-order valence-corrected chi connectivity index (χ2v) is 6.89. The topological polar surface area (TPSA) is 123 Å². The van der Waals surface area contributed by atoms with Crippen molar-refractivity contribution in [1.29, 1.82) is 0 Å². The average molecular weight is 414 g/mol. The molecule has 3 rings (SSSR count). The van der Waals surface area contributed by atoms with Crippen LogP contribution in [0.3, 0.4) is 0 Å². The first-order valence-electron chi connectivity index (χ1n) is 8.74. The molecule has 0 fully saturated rings. The smallest absolute Gasteiger partial charge is 0.328 e. The van der Waals surface area contributed by atoms with Crippen LogP contribution in [0.2, 0.25) is 0 Å². The van der Waals surface area contributed by atoms with Gasteiger partial charge in [0.15, 0.2) is 11.7 Å². The molecule has 29 heavy (non-hydrogen) atoms. The van der Waals surface area contributed by atoms with Gasteiger partial charge in [-0.1, -0.05) is 31.2 Å². The van der Waals surface area contributed by atoms with E-state index in [-0.39, 0.29) is 0 Å². The van der Waals surface area contributed by atoms with E-state index in [1.54, 1.807) is 0 Å². The summed E-state index contributed by atoms with van der Waals surface area (Å²) in [4.78, 5) is 52.7. The molecular weight excluding hydrogens is 396 g/mol. The predicted molar refractivity (Wildman–Crippen MR) is 108 cm³/mol. The van der Waals surface area contributed by atoms with Gasteiger partial charge in [0.2, 0.25) is 0 Å². The molecule has 0 bridgehead atoms. The molecule has 2 aromatic heterocycles. The minimum absolute atomic E-state index is 0.387. The number of carbonyl (C=O) groups is 2. The first kappa shape index (κ1) is 20.2. The zero-order valence-corrected chi connectivity index (χ0v) is 16.3. The number of carbonyl (C=O) groups excluding carboxylic acids is 2. The molecule has 1 aromatic carbocycles. The van der Waals surface area contributed by atoms with Crippen molar-refractivity contribution in [2.24, 2.45) is 0 Å². The molecular formula is C19H18N4O5S. The van der Waals surface area contributed by atoms with Crippen molar-refractivity contribution in [3.63, 3.8) is 0 Å². The molecule has 0 aliphatic carbocycles. The maximum absolute atomic E-state index is 12.0. The third-order valence-corrected chi connectivity index (χ3v) is 4.73. The molecule has 1 amide bonds. The van der Waals surface area contributed by atoms with Gasteiger partial charge in [-0.05, 0) is 12.0 Å². The van der Waals surface area contributed by atoms with Gasteiger partial charge in [-0.25, -0.2) is 9.78 Å². The number of esters is 1. The van der Waals surface area contributed by atoms with Crippen molar-refractivity contribution in [1.82, 2.24) is 14.5 Å². The van der Waals surface area contributed by atoms with Gasteiger partial charge in [-0.15, -0.1) is 11.3 Å². The van der Waals surface area contributed by atoms with Gasteiger partial charge in [-0.3, -0.25) is 29.3 Å². The highest BCUT2D eigenvalue weighted by Crippen LogP contribution is 2.25. The molecule has 3 aromatic rings. The quantitative estimate of drug-likeness (QED) is 0.564. The molecule has 150 valence electrons. The lowest BCUT2D eigenvalue weighted by molar-refractivity contribution is -0.148. The summed E-state index contributed by atoms with van der Waals surface area (Å²) in [6.45, 7) is 1.15. The lowest BCUT2D eigenvalue weighted by Gasteiger charge is -2.06. The Kier molecular flexibility index (Phi) is 6.35. The van der Waals surface area contributed by atoms with Crippen molar-refractivity contribution in [3.8, 4) is 11.3 Å². The van der Waals surface area contributed by atoms with Gasteiger partial charge in [-0.2, -0.15) is 0 Å². The number of anilines is 1. The zero-order valence-electron chi connectivity index (χ0n) is 15.5. The summed E-state index contributed by atoms with van der Waals surface area (Å²) < 4.78 is 5.83. The third-order valence-electron chi connectivity index (χ3n) is 3.97. The Hall–Kier alpha value is -3.53. The van der Waals surface area contributed by atoms with Gasteiger partial charge in [0.05, 0.1) is 5.69 Å². The second kappa shape index (κ2) is 9.11. The van der Waals surface area contributed by atoms with Gasteiger partial charge in [0.25, 0.3) is 11.5 Å². The molecule has 0 spiro atoms. The number of amides is 1. The van der Waals surface area contributed by atoms with Crippen molar-refractivity contribution >= 4 is 28.3 Å². The van der Waals surface area contributed by atoms with Crippen LogP contribution in [0.25, 0.3) is 11.3 Å². The van der Waals surface area contributed by atoms with Crippen LogP contribution < -0.4 is 16.6 Å². The first-order chi connectivity index (χ1) is 13.9. The van der Waals surface area contributed by atoms with Crippen LogP contribution in [0.1, 0.15) is 12.5 Å². The highest BCUT2D eigenvalue weighted by Gasteiger charge is 2.12. The molecule has 0 saturated heterocycles. The fourth-order valence-electron chi connectivity index (χ4n) is 2.43. The second-order valence-electron chi connectivity index (χ2n) is 6.04. The summed E-state index contributed by atoms with van der Waals surface area (Å²) in [7, 11) is 0. The van der Waals surface area contributed by atoms with Crippen LogP contribution >= 0.6 is 11.3 Å². The van der Waals surface area contributed by atoms with E-state index in [0.29, 0.717) is 5.13 Å². The standard InChI is InChI=1S/C19H18N4O5S/c1-2-12-3-5-13(6-4-12)14-11-29-18(20-14)21-16(25)10-28-17(26)9-23-8-7-15(24)22-19(23)27/h3-8,11H,2,9-10H2,1H3,(H,20,21,25)(H,22,24,27). The summed E-state index contributed by atoms with van der Waals surface area (Å²) in [5.74, 6) is -1.33. The van der Waals surface area contributed by atoms with Gasteiger partial charge < -0.3 is 4.74 Å². The largest absolute Gasteiger partial charge is 0.454 e. The first-order valence-corrected chi connectivity index (χ1v) is 9.62. The minimum Gasteiger partial charge on any atom is -0.454 e. The average Bonchev–Trinajstić information content (AvgIpc) is 3.17. The van der Waals surface area contributed by atoms with Crippen molar-refractivity contribution < 1.29 is 14.3 Å². The van der Waals surface area contributed by atoms with E-state index in [9.17, 15) is 19.2 Å². The Morgan fingerprint density at radius 3 is 2.66 bits per heavy atom. The molecule has 0 unspecified atom stereocenters. The molecule has 0 saturated carbocycles. The summed E-state index contributed by atoms with van der Waals surface area (Å²) >= 11 is 1.26. The van der Waals surface area contributed by atoms with Crippen LogP contribution in [0.15, 0.2) is 51.5 Å². The maximum atomic E-state index is 12.0. The van der Waals surface area contributed by atoms with Gasteiger partial charge in [0, 0.05) is 23.2 Å². The fourth-order valence-corrected chi connectivity index (χ4v) is 3.17. The van der Waals surface area contributed by atoms with E-state index >= 15 is 0 Å². The predicted octanol–water partition coefficient (Wildman–Crippen LogP) is 1.40. The van der Waals surface area contributed by atoms with Crippen LogP contribution in [0.4, 0.5) is 5.13 Å². The van der Waals surface area contributed by atoms with Gasteiger partial charge in [0.1, 0.15) is 6.54 Å². The minimum atomic E-state index is -0.787. The summed E-state index contributed by atoms with van der Waals surface area (Å²) in [6, 6.07) is 9.11. The molecule has 0 aliphatic heterocycles. The number of H-pyrrole nitrogens is 1. The number of aryl methyl sites for hydroxylation is 1. The van der Waals surface area contributed by atoms with Crippen LogP contribution in [-0.2, 0) is 27.3 Å². The molecule has 0 radical (unpaired) electrons. The number of benzene rings is 1. The van der Waals surface area contributed by atoms with Crippen LogP contribution in [-0.4, -0.2) is 33.0 Å². The number of rotatable bonds is 7. The fraction of sp³-hybridized carbons (Fsp3) is 0.211. The zero-order chi connectivity index (χ0) is 20.8. The van der Waals surface area contributed by atoms with Crippen molar-refractivity contribution in [2.45, 2.75) is 19.9 Å². The molecule has 0 aliphatic rings. The summed E-state index contributed by atoms with van der Waals surface area (Å²) in [5.41, 5.74) is 1.60. The van der Waals surface area contributed by atoms with Crippen LogP contribution in [0.5, 0.6) is 0 Å². The Bertz CT molecular complexity index is 1130. The Balaban J connectivity index is 1.51. The summed E-state index contributed by atoms with van der Waals surface area (Å²) in [5, 5.41) is 4.78. The van der Waals surface area contributed by atoms with E-state index < -0.39 is 36.3 Å². The van der Waals surface area contributed by atoms with E-state index in [2.05, 4.69) is 17.2 Å². The number of hydrogen-bond acceptors (Lipinski definition) is 7. The Morgan fingerprint density at radius 1 is 1.21 bits per heavy atom. The Labute approximate surface area is 169 Å². The Morgan fingerprint density at radius 2 is 1.97 bits per heavy atom. The number of nitrogens with zero attached hydrogens (tertiary/aromatic N) is 2. The number of hydrogen-bond donors (Lipinski definition) is 2. The lowest BCUT2D eigenvalue weighted by Crippen LogP contribution is -2.32. The van der Waals surface area contributed by atoms with Crippen molar-refractivity contribution in [3.05, 3.63) is 68.3 Å². The number of nitrogens with one attached hydrogen (secondary N) is 2. The number of ether oxygens (including phenoxy) is 1. The normalized spacial score (nSPS) is 10.5. The van der Waals surface area contributed by atoms with E-state index in [0.717, 1.165) is 28.3 Å². The van der Waals surface area contributed by atoms with Crippen molar-refractivity contribution in [2.75, 3.05) is 11.9 Å². The number of aromatic nitrogens is 3. The SMILES string of the molecule is CCc1ccc(-c2csc(NC(=O)COC(=O)Cn3ccc(=O)[nH]c3=O)n2)cc1. The molecule has 2 N–H and O–H groups in total. The summed E-state index contributed by atoms with van der Waals surface area (Å²) in [6.07, 6.45) is 2.13. The lowest BCUT2D eigenvalue weighted by atomic mass is 10.1. The molecule has 2 heterocycles. The van der Waals surface area contributed by atoms with E-state index in [1.807, 2.05) is 34.6 Å². The molecule has 9 nitrogen and oxygen atoms in total. The van der Waals surface area contributed by atoms with E-state index in [4.69, 9.17) is 4.74 Å². The highest BCUT2D eigenvalue weighted by molar-refractivity contribution is 7.14. The molecule has 10 heteroatoms. The number of aromatic amines is 1. The molecule has 0 atom stereocenters.